The predicted molar refractivity (Wildman–Crippen MR) is 73.8 cm³/mol. The van der Waals surface area contributed by atoms with Gasteiger partial charge in [0.25, 0.3) is 5.89 Å². The predicted octanol–water partition coefficient (Wildman–Crippen LogP) is 2.96. The number of hydrogen-bond donors (Lipinski definition) is 1. The Hall–Kier alpha value is -1.47. The summed E-state index contributed by atoms with van der Waals surface area (Å²) in [5.41, 5.74) is 7.41. The van der Waals surface area contributed by atoms with Gasteiger partial charge in [0.05, 0.1) is 11.3 Å². The lowest BCUT2D eigenvalue weighted by Crippen LogP contribution is -2.06. The van der Waals surface area contributed by atoms with Crippen molar-refractivity contribution < 1.29 is 9.26 Å². The molecule has 2 N–H and O–H groups in total. The molecule has 0 saturated carbocycles. The topological polar surface area (TPSA) is 87.1 Å². The molecule has 2 aromatic rings. The van der Waals surface area contributed by atoms with Crippen molar-refractivity contribution in [2.24, 2.45) is 0 Å². The van der Waals surface area contributed by atoms with Crippen molar-refractivity contribution in [3.8, 4) is 11.5 Å². The second-order valence-electron chi connectivity index (χ2n) is 4.20. The van der Waals surface area contributed by atoms with Crippen LogP contribution in [-0.4, -0.2) is 21.1 Å². The number of hydrogen-bond acceptors (Lipinski definition) is 7. The zero-order chi connectivity index (χ0) is 13.8. The number of nitrogens with two attached hydrogens (primary N) is 1. The second kappa shape index (κ2) is 6.12. The van der Waals surface area contributed by atoms with E-state index in [1.165, 1.54) is 11.5 Å². The molecule has 2 aromatic heterocycles. The Morgan fingerprint density at radius 2 is 2.21 bits per heavy atom. The number of aryl methyl sites for hydroxylation is 1. The summed E-state index contributed by atoms with van der Waals surface area (Å²) in [6.45, 7) is 6.54. The molecule has 7 heteroatoms. The minimum atomic E-state index is -0.124. The van der Waals surface area contributed by atoms with Crippen LogP contribution in [0.1, 0.15) is 44.3 Å². The Balaban J connectivity index is 2.27. The molecule has 0 aliphatic heterocycles. The first-order chi connectivity index (χ1) is 9.17. The molecule has 2 heterocycles. The summed E-state index contributed by atoms with van der Waals surface area (Å²) < 4.78 is 15.1. The molecule has 1 atom stereocenters. The highest BCUT2D eigenvalue weighted by molar-refractivity contribution is 7.10. The third kappa shape index (κ3) is 2.93. The normalized spacial score (nSPS) is 12.8. The summed E-state index contributed by atoms with van der Waals surface area (Å²) in [4.78, 5) is 4.40. The highest BCUT2D eigenvalue weighted by Crippen LogP contribution is 2.32. The standard InChI is InChI=1S/C12H18N4O2S/c1-4-6-8(17-5-2)11-14-12(18-15-11)9-7(3)16-19-10(9)13/h8H,4-6,13H2,1-3H3. The fourth-order valence-electron chi connectivity index (χ4n) is 1.86. The van der Waals surface area contributed by atoms with Gasteiger partial charge >= 0.3 is 0 Å². The lowest BCUT2D eigenvalue weighted by molar-refractivity contribution is 0.0478. The summed E-state index contributed by atoms with van der Waals surface area (Å²) >= 11 is 1.23. The van der Waals surface area contributed by atoms with Crippen LogP contribution in [0, 0.1) is 6.92 Å². The maximum Gasteiger partial charge on any atom is 0.262 e. The van der Waals surface area contributed by atoms with Crippen LogP contribution in [0.25, 0.3) is 11.5 Å². The average Bonchev–Trinajstić information content (AvgIpc) is 2.96. The van der Waals surface area contributed by atoms with E-state index in [9.17, 15) is 0 Å². The molecule has 0 spiro atoms. The molecular formula is C12H18N4O2S. The van der Waals surface area contributed by atoms with E-state index >= 15 is 0 Å². The van der Waals surface area contributed by atoms with Gasteiger partial charge in [-0.2, -0.15) is 9.36 Å². The van der Waals surface area contributed by atoms with Crippen molar-refractivity contribution in [3.63, 3.8) is 0 Å². The van der Waals surface area contributed by atoms with E-state index in [4.69, 9.17) is 15.0 Å². The van der Waals surface area contributed by atoms with Crippen molar-refractivity contribution in [2.75, 3.05) is 12.3 Å². The third-order valence-corrected chi connectivity index (χ3v) is 3.52. The Morgan fingerprint density at radius 1 is 1.42 bits per heavy atom. The van der Waals surface area contributed by atoms with Gasteiger partial charge in [-0.05, 0) is 31.8 Å². The van der Waals surface area contributed by atoms with Crippen molar-refractivity contribution >= 4 is 16.5 Å². The Labute approximate surface area is 116 Å². The minimum absolute atomic E-state index is 0.124. The molecule has 0 aromatic carbocycles. The quantitative estimate of drug-likeness (QED) is 0.876. The van der Waals surface area contributed by atoms with Crippen LogP contribution in [0.5, 0.6) is 0 Å². The third-order valence-electron chi connectivity index (χ3n) is 2.75. The molecule has 0 radical (unpaired) electrons. The van der Waals surface area contributed by atoms with E-state index in [-0.39, 0.29) is 6.10 Å². The molecule has 0 fully saturated rings. The zero-order valence-electron chi connectivity index (χ0n) is 11.3. The van der Waals surface area contributed by atoms with Crippen LogP contribution in [-0.2, 0) is 4.74 Å². The fourth-order valence-corrected chi connectivity index (χ4v) is 2.52. The van der Waals surface area contributed by atoms with Gasteiger partial charge in [0.2, 0.25) is 5.82 Å². The molecule has 6 nitrogen and oxygen atoms in total. The number of aromatic nitrogens is 3. The largest absolute Gasteiger partial charge is 0.389 e. The summed E-state index contributed by atoms with van der Waals surface area (Å²) in [6, 6.07) is 0. The number of nitrogens with zero attached hydrogens (tertiary/aromatic N) is 3. The van der Waals surface area contributed by atoms with Gasteiger partial charge in [0.15, 0.2) is 0 Å². The molecule has 0 saturated heterocycles. The zero-order valence-corrected chi connectivity index (χ0v) is 12.2. The molecule has 0 aliphatic rings. The van der Waals surface area contributed by atoms with Gasteiger partial charge in [-0.1, -0.05) is 18.5 Å². The Bertz CT molecular complexity index is 512. The fraction of sp³-hybridized carbons (Fsp3) is 0.583. The van der Waals surface area contributed by atoms with Gasteiger partial charge in [-0.3, -0.25) is 0 Å². The first-order valence-corrected chi connectivity index (χ1v) is 7.12. The van der Waals surface area contributed by atoms with Crippen molar-refractivity contribution in [1.29, 1.82) is 0 Å². The van der Waals surface area contributed by atoms with Gasteiger partial charge in [-0.15, -0.1) is 0 Å². The van der Waals surface area contributed by atoms with Crippen LogP contribution < -0.4 is 5.73 Å². The van der Waals surface area contributed by atoms with Gasteiger partial charge < -0.3 is 15.0 Å². The van der Waals surface area contributed by atoms with Gasteiger partial charge in [0, 0.05) is 6.61 Å². The second-order valence-corrected chi connectivity index (χ2v) is 5.00. The summed E-state index contributed by atoms with van der Waals surface area (Å²) in [5, 5.41) is 4.60. The molecule has 19 heavy (non-hydrogen) atoms. The number of anilines is 1. The monoisotopic (exact) mass is 282 g/mol. The van der Waals surface area contributed by atoms with E-state index in [1.807, 2.05) is 13.8 Å². The van der Waals surface area contributed by atoms with Crippen molar-refractivity contribution in [2.45, 2.75) is 39.7 Å². The van der Waals surface area contributed by atoms with E-state index in [2.05, 4.69) is 21.4 Å². The van der Waals surface area contributed by atoms with Crippen LogP contribution in [0.4, 0.5) is 5.00 Å². The molecule has 0 bridgehead atoms. The van der Waals surface area contributed by atoms with Crippen LogP contribution in [0.2, 0.25) is 0 Å². The SMILES string of the molecule is CCCC(OCC)c1noc(-c2c(C)nsc2N)n1. The van der Waals surface area contributed by atoms with Gasteiger partial charge in [0.1, 0.15) is 11.1 Å². The molecule has 0 aliphatic carbocycles. The highest BCUT2D eigenvalue weighted by Gasteiger charge is 2.21. The van der Waals surface area contributed by atoms with Crippen LogP contribution in [0.15, 0.2) is 4.52 Å². The average molecular weight is 282 g/mol. The van der Waals surface area contributed by atoms with E-state index < -0.39 is 0 Å². The van der Waals surface area contributed by atoms with Gasteiger partial charge in [-0.25, -0.2) is 0 Å². The minimum Gasteiger partial charge on any atom is -0.389 e. The summed E-state index contributed by atoms with van der Waals surface area (Å²) in [7, 11) is 0. The molecule has 2 rings (SSSR count). The van der Waals surface area contributed by atoms with E-state index in [0.29, 0.717) is 23.3 Å². The highest BCUT2D eigenvalue weighted by atomic mass is 32.1. The maximum absolute atomic E-state index is 5.87. The molecular weight excluding hydrogens is 264 g/mol. The smallest absolute Gasteiger partial charge is 0.262 e. The number of nitrogen functional groups attached to an aromatic ring is 1. The van der Waals surface area contributed by atoms with E-state index in [1.54, 1.807) is 0 Å². The first kappa shape index (κ1) is 14.0. The molecule has 1 unspecified atom stereocenters. The lowest BCUT2D eigenvalue weighted by atomic mass is 10.2. The van der Waals surface area contributed by atoms with Crippen molar-refractivity contribution in [1.82, 2.24) is 14.5 Å². The summed E-state index contributed by atoms with van der Waals surface area (Å²) in [5.74, 6) is 0.989. The molecule has 0 amide bonds. The number of ether oxygens (including phenoxy) is 1. The number of rotatable bonds is 6. The first-order valence-electron chi connectivity index (χ1n) is 6.34. The van der Waals surface area contributed by atoms with Crippen molar-refractivity contribution in [3.05, 3.63) is 11.5 Å². The van der Waals surface area contributed by atoms with Crippen LogP contribution >= 0.6 is 11.5 Å². The Morgan fingerprint density at radius 3 is 2.79 bits per heavy atom. The Kier molecular flexibility index (Phi) is 4.49. The van der Waals surface area contributed by atoms with E-state index in [0.717, 1.165) is 24.1 Å². The molecule has 104 valence electrons. The lowest BCUT2D eigenvalue weighted by Gasteiger charge is -2.11. The summed E-state index contributed by atoms with van der Waals surface area (Å²) in [6.07, 6.45) is 1.74. The van der Waals surface area contributed by atoms with Crippen LogP contribution in [0.3, 0.4) is 0 Å². The maximum atomic E-state index is 5.87.